The lowest BCUT2D eigenvalue weighted by atomic mass is 10.1. The van der Waals surface area contributed by atoms with Crippen molar-refractivity contribution in [2.75, 3.05) is 17.2 Å². The van der Waals surface area contributed by atoms with Gasteiger partial charge in [0.05, 0.1) is 12.2 Å². The summed E-state index contributed by atoms with van der Waals surface area (Å²) in [6.45, 7) is 3.09. The zero-order valence-corrected chi connectivity index (χ0v) is 12.4. The van der Waals surface area contributed by atoms with Crippen molar-refractivity contribution < 1.29 is 14.0 Å². The van der Waals surface area contributed by atoms with E-state index in [2.05, 4.69) is 10.6 Å². The van der Waals surface area contributed by atoms with Crippen molar-refractivity contribution in [1.29, 1.82) is 0 Å². The summed E-state index contributed by atoms with van der Waals surface area (Å²) in [7, 11) is 0. The Hall–Kier alpha value is -2.69. The largest absolute Gasteiger partial charge is 0.376 e. The summed E-state index contributed by atoms with van der Waals surface area (Å²) in [6, 6.07) is 11.5. The molecule has 0 aliphatic carbocycles. The number of para-hydroxylation sites is 1. The van der Waals surface area contributed by atoms with E-state index < -0.39 is 0 Å². The molecule has 114 valence electrons. The van der Waals surface area contributed by atoms with Crippen LogP contribution in [0.4, 0.5) is 15.8 Å². The van der Waals surface area contributed by atoms with Crippen molar-refractivity contribution in [1.82, 2.24) is 0 Å². The number of rotatable bonds is 5. The molecule has 2 aromatic carbocycles. The summed E-state index contributed by atoms with van der Waals surface area (Å²) in [5.74, 6) is -0.758. The summed E-state index contributed by atoms with van der Waals surface area (Å²) in [4.78, 5) is 23.4. The monoisotopic (exact) mass is 300 g/mol. The van der Waals surface area contributed by atoms with Gasteiger partial charge in [-0.05, 0) is 43.7 Å². The Morgan fingerprint density at radius 2 is 1.86 bits per heavy atom. The number of aryl methyl sites for hydroxylation is 1. The van der Waals surface area contributed by atoms with Crippen molar-refractivity contribution >= 4 is 23.1 Å². The Morgan fingerprint density at radius 3 is 2.55 bits per heavy atom. The second-order valence-electron chi connectivity index (χ2n) is 4.97. The Morgan fingerprint density at radius 1 is 1.14 bits per heavy atom. The first kappa shape index (κ1) is 15.7. The van der Waals surface area contributed by atoms with E-state index >= 15 is 0 Å². The van der Waals surface area contributed by atoms with Gasteiger partial charge in [-0.15, -0.1) is 0 Å². The maximum absolute atomic E-state index is 13.4. The van der Waals surface area contributed by atoms with Crippen molar-refractivity contribution in [2.45, 2.75) is 13.8 Å². The third-order valence-electron chi connectivity index (χ3n) is 3.21. The van der Waals surface area contributed by atoms with Crippen LogP contribution in [-0.2, 0) is 4.79 Å². The maximum atomic E-state index is 13.4. The maximum Gasteiger partial charge on any atom is 0.243 e. The zero-order valence-electron chi connectivity index (χ0n) is 12.4. The van der Waals surface area contributed by atoms with Crippen LogP contribution in [0.5, 0.6) is 0 Å². The molecular formula is C17H17FN2O2. The van der Waals surface area contributed by atoms with Gasteiger partial charge >= 0.3 is 0 Å². The Bertz CT molecular complexity index is 714. The SMILES string of the molecule is CC(=O)c1ccccc1NC(=O)CNc1ccc(C)c(F)c1. The van der Waals surface area contributed by atoms with Gasteiger partial charge in [-0.1, -0.05) is 18.2 Å². The molecule has 2 N–H and O–H groups in total. The van der Waals surface area contributed by atoms with Crippen molar-refractivity contribution in [2.24, 2.45) is 0 Å². The molecule has 0 aliphatic rings. The molecule has 0 spiro atoms. The molecule has 0 saturated carbocycles. The normalized spacial score (nSPS) is 10.1. The highest BCUT2D eigenvalue weighted by Crippen LogP contribution is 2.16. The summed E-state index contributed by atoms with van der Waals surface area (Å²) in [5.41, 5.74) is 2.00. The van der Waals surface area contributed by atoms with Crippen molar-refractivity contribution in [3.8, 4) is 0 Å². The summed E-state index contributed by atoms with van der Waals surface area (Å²) in [5, 5.41) is 5.52. The quantitative estimate of drug-likeness (QED) is 0.832. The molecule has 4 nitrogen and oxygen atoms in total. The molecular weight excluding hydrogens is 283 g/mol. The Kier molecular flexibility index (Phi) is 4.88. The number of nitrogens with one attached hydrogen (secondary N) is 2. The average Bonchev–Trinajstić information content (AvgIpc) is 2.49. The molecule has 0 atom stereocenters. The predicted octanol–water partition coefficient (Wildman–Crippen LogP) is 3.39. The standard InChI is InChI=1S/C17H17FN2O2/c1-11-7-8-13(9-15(11)18)19-10-17(22)20-16-6-4-3-5-14(16)12(2)21/h3-9,19H,10H2,1-2H3,(H,20,22). The van der Waals surface area contributed by atoms with E-state index in [-0.39, 0.29) is 24.1 Å². The second-order valence-corrected chi connectivity index (χ2v) is 4.97. The minimum absolute atomic E-state index is 0.0191. The van der Waals surface area contributed by atoms with Crippen LogP contribution in [0.3, 0.4) is 0 Å². The highest BCUT2D eigenvalue weighted by molar-refractivity contribution is 6.04. The number of anilines is 2. The first-order valence-corrected chi connectivity index (χ1v) is 6.87. The highest BCUT2D eigenvalue weighted by Gasteiger charge is 2.09. The number of hydrogen-bond acceptors (Lipinski definition) is 3. The molecule has 5 heteroatoms. The van der Waals surface area contributed by atoms with E-state index in [9.17, 15) is 14.0 Å². The molecule has 2 rings (SSSR count). The highest BCUT2D eigenvalue weighted by atomic mass is 19.1. The third kappa shape index (κ3) is 3.91. The van der Waals surface area contributed by atoms with Gasteiger partial charge in [-0.2, -0.15) is 0 Å². The Labute approximate surface area is 128 Å². The van der Waals surface area contributed by atoms with Crippen molar-refractivity contribution in [3.05, 3.63) is 59.4 Å². The van der Waals surface area contributed by atoms with E-state index in [1.807, 2.05) is 0 Å². The van der Waals surface area contributed by atoms with Gasteiger partial charge in [0.2, 0.25) is 5.91 Å². The van der Waals surface area contributed by atoms with Gasteiger partial charge in [0.25, 0.3) is 0 Å². The van der Waals surface area contributed by atoms with E-state index in [4.69, 9.17) is 0 Å². The van der Waals surface area contributed by atoms with Gasteiger partial charge in [-0.25, -0.2) is 4.39 Å². The van der Waals surface area contributed by atoms with Gasteiger partial charge in [0, 0.05) is 11.3 Å². The Balaban J connectivity index is 1.99. The minimum atomic E-state index is -0.327. The lowest BCUT2D eigenvalue weighted by Crippen LogP contribution is -2.22. The van der Waals surface area contributed by atoms with E-state index in [1.165, 1.54) is 13.0 Å². The number of hydrogen-bond donors (Lipinski definition) is 2. The van der Waals surface area contributed by atoms with Gasteiger partial charge in [-0.3, -0.25) is 9.59 Å². The van der Waals surface area contributed by atoms with E-state index in [0.717, 1.165) is 0 Å². The number of ketones is 1. The fourth-order valence-electron chi connectivity index (χ4n) is 1.98. The van der Waals surface area contributed by atoms with Crippen LogP contribution in [0, 0.1) is 12.7 Å². The van der Waals surface area contributed by atoms with Crippen LogP contribution >= 0.6 is 0 Å². The smallest absolute Gasteiger partial charge is 0.243 e. The van der Waals surface area contributed by atoms with Crippen LogP contribution < -0.4 is 10.6 Å². The zero-order chi connectivity index (χ0) is 16.1. The van der Waals surface area contributed by atoms with Gasteiger partial charge in [0.15, 0.2) is 5.78 Å². The van der Waals surface area contributed by atoms with Crippen LogP contribution in [-0.4, -0.2) is 18.2 Å². The molecule has 0 heterocycles. The number of benzene rings is 2. The number of carbonyl (C=O) groups excluding carboxylic acids is 2. The molecule has 0 bridgehead atoms. The first-order chi connectivity index (χ1) is 10.5. The number of carbonyl (C=O) groups is 2. The van der Waals surface area contributed by atoms with Crippen molar-refractivity contribution in [3.63, 3.8) is 0 Å². The molecule has 22 heavy (non-hydrogen) atoms. The van der Waals surface area contributed by atoms with Crippen LogP contribution in [0.25, 0.3) is 0 Å². The molecule has 2 aromatic rings. The second kappa shape index (κ2) is 6.85. The summed E-state index contributed by atoms with van der Waals surface area (Å²) in [6.07, 6.45) is 0. The van der Waals surface area contributed by atoms with Crippen LogP contribution in [0.1, 0.15) is 22.8 Å². The number of Topliss-reactive ketones (excluding diaryl/α,β-unsaturated/α-hetero) is 1. The number of halogens is 1. The summed E-state index contributed by atoms with van der Waals surface area (Å²) < 4.78 is 13.4. The van der Waals surface area contributed by atoms with E-state index in [1.54, 1.807) is 43.3 Å². The average molecular weight is 300 g/mol. The fraction of sp³-hybridized carbons (Fsp3) is 0.176. The molecule has 1 amide bonds. The topological polar surface area (TPSA) is 58.2 Å². The van der Waals surface area contributed by atoms with Crippen LogP contribution in [0.15, 0.2) is 42.5 Å². The molecule has 0 saturated heterocycles. The molecule has 0 radical (unpaired) electrons. The molecule has 0 aliphatic heterocycles. The summed E-state index contributed by atoms with van der Waals surface area (Å²) >= 11 is 0. The third-order valence-corrected chi connectivity index (χ3v) is 3.21. The predicted molar refractivity (Wildman–Crippen MR) is 84.7 cm³/mol. The minimum Gasteiger partial charge on any atom is -0.376 e. The molecule has 0 unspecified atom stereocenters. The van der Waals surface area contributed by atoms with E-state index in [0.29, 0.717) is 22.5 Å². The van der Waals surface area contributed by atoms with Crippen LogP contribution in [0.2, 0.25) is 0 Å². The van der Waals surface area contributed by atoms with Gasteiger partial charge < -0.3 is 10.6 Å². The fourth-order valence-corrected chi connectivity index (χ4v) is 1.98. The first-order valence-electron chi connectivity index (χ1n) is 6.87. The molecule has 0 aromatic heterocycles. The lowest BCUT2D eigenvalue weighted by Gasteiger charge is -2.10. The number of amides is 1. The molecule has 0 fully saturated rings. The van der Waals surface area contributed by atoms with Gasteiger partial charge in [0.1, 0.15) is 5.82 Å². The lowest BCUT2D eigenvalue weighted by molar-refractivity contribution is -0.114.